The van der Waals surface area contributed by atoms with E-state index in [0.29, 0.717) is 29.5 Å². The number of carbonyl (C=O) groups excluding carboxylic acids is 4. The molecule has 5 fully saturated rings. The number of aryl methyl sites for hydroxylation is 1. The van der Waals surface area contributed by atoms with Gasteiger partial charge >= 0.3 is 6.09 Å². The van der Waals surface area contributed by atoms with Crippen molar-refractivity contribution >= 4 is 44.9 Å². The number of aromatic nitrogens is 2. The summed E-state index contributed by atoms with van der Waals surface area (Å²) in [6.45, 7) is 6.43. The van der Waals surface area contributed by atoms with Gasteiger partial charge in [-0.25, -0.2) is 36.4 Å². The number of hydrogen-bond acceptors (Lipinski definition) is 10. The van der Waals surface area contributed by atoms with Gasteiger partial charge in [-0.05, 0) is 93.6 Å². The normalized spacial score (nSPS) is 33.3. The maximum Gasteiger partial charge on any atom is 0.408 e. The molecule has 3 heterocycles. The molecule has 2 aromatic rings. The smallest absolute Gasteiger partial charge is 0.408 e. The number of halogens is 3. The highest BCUT2D eigenvalue weighted by molar-refractivity contribution is 7.91. The number of carbonyl (C=O) groups is 4. The molecule has 9 atom stereocenters. The first-order chi connectivity index (χ1) is 27.3. The Hall–Kier alpha value is -4.22. The van der Waals surface area contributed by atoms with E-state index in [-0.39, 0.29) is 49.2 Å². The third kappa shape index (κ3) is 7.69. The predicted octanol–water partition coefficient (Wildman–Crippen LogP) is 4.54. The van der Waals surface area contributed by atoms with Crippen molar-refractivity contribution in [3.05, 3.63) is 29.7 Å². The summed E-state index contributed by atoms with van der Waals surface area (Å²) < 4.78 is 82.0. The molecule has 2 bridgehead atoms. The average Bonchev–Trinajstić information content (AvgIpc) is 4.10. The third-order valence-electron chi connectivity index (χ3n) is 13.3. The van der Waals surface area contributed by atoms with Crippen molar-refractivity contribution in [2.45, 2.75) is 139 Å². The number of alkyl carbamates (subject to hydrolysis) is 1. The van der Waals surface area contributed by atoms with Crippen molar-refractivity contribution in [2.24, 2.45) is 29.1 Å². The second kappa shape index (κ2) is 14.5. The van der Waals surface area contributed by atoms with Gasteiger partial charge in [0.05, 0.1) is 28.2 Å². The Morgan fingerprint density at radius 2 is 1.78 bits per heavy atom. The molecule has 316 valence electrons. The highest BCUT2D eigenvalue weighted by atomic mass is 32.2. The summed E-state index contributed by atoms with van der Waals surface area (Å²) in [5.74, 6) is -3.89. The number of amides is 4. The van der Waals surface area contributed by atoms with E-state index in [9.17, 15) is 40.8 Å². The lowest BCUT2D eigenvalue weighted by Crippen LogP contribution is -2.60. The fourth-order valence-electron chi connectivity index (χ4n) is 9.28. The topological polar surface area (TPSA) is 186 Å². The van der Waals surface area contributed by atoms with Gasteiger partial charge in [-0.3, -0.25) is 19.1 Å². The van der Waals surface area contributed by atoms with Crippen LogP contribution in [0.1, 0.15) is 97.6 Å². The van der Waals surface area contributed by atoms with Crippen LogP contribution in [0.15, 0.2) is 18.2 Å². The Morgan fingerprint density at radius 3 is 2.47 bits per heavy atom. The van der Waals surface area contributed by atoms with Crippen molar-refractivity contribution in [3.63, 3.8) is 0 Å². The summed E-state index contributed by atoms with van der Waals surface area (Å²) in [5.41, 5.74) is -1.97. The molecule has 4 amide bonds. The van der Waals surface area contributed by atoms with E-state index in [1.807, 2.05) is 4.72 Å². The van der Waals surface area contributed by atoms with E-state index < -0.39 is 92.3 Å². The number of sulfonamides is 1. The van der Waals surface area contributed by atoms with Gasteiger partial charge in [0, 0.05) is 12.5 Å². The van der Waals surface area contributed by atoms with Crippen LogP contribution < -0.4 is 20.1 Å². The number of nitrogens with zero attached hydrogens (tertiary/aromatic N) is 3. The molecule has 1 aromatic carbocycles. The van der Waals surface area contributed by atoms with Crippen molar-refractivity contribution in [2.75, 3.05) is 6.54 Å². The standard InChI is InChI=1S/C40H51F3N6O8S/c1-38(2,3)31-35(51)49-19-22(17-29(49)33(50)47-40(18-25(40)32(42)43)36(52)48-58(54,55)39(4)12-13-39)56-34-27(44-26-11-10-21(41)16-28(26)45-34)9-7-5-6-8-23-24-14-20(24)15-30(23)57-37(53)46-31/h10-11,16,20,22-25,29-32H,5-9,12-15,17-19H2,1-4H3,(H,46,53)(H,47,50)(H,48,52)/t20-,22+,23+,24-,25-,29-,30+,31+,40+/m0/s1. The van der Waals surface area contributed by atoms with E-state index in [4.69, 9.17) is 14.5 Å². The Balaban J connectivity index is 1.13. The van der Waals surface area contributed by atoms with Gasteiger partial charge in [0.2, 0.25) is 34.1 Å². The van der Waals surface area contributed by atoms with Crippen molar-refractivity contribution in [3.8, 4) is 5.88 Å². The number of alkyl halides is 2. The Labute approximate surface area is 335 Å². The van der Waals surface area contributed by atoms with Crippen LogP contribution in [0.25, 0.3) is 11.0 Å². The fraction of sp³-hybridized carbons (Fsp3) is 0.700. The molecule has 0 spiro atoms. The number of rotatable bonds is 6. The second-order valence-corrected chi connectivity index (χ2v) is 20.8. The maximum atomic E-state index is 14.7. The largest absolute Gasteiger partial charge is 0.471 e. The quantitative estimate of drug-likeness (QED) is 0.374. The first kappa shape index (κ1) is 40.6. The van der Waals surface area contributed by atoms with Crippen LogP contribution >= 0.6 is 0 Å². The molecular weight excluding hydrogens is 782 g/mol. The maximum absolute atomic E-state index is 14.7. The highest BCUT2D eigenvalue weighted by Crippen LogP contribution is 2.58. The molecule has 6 aliphatic rings. The second-order valence-electron chi connectivity index (χ2n) is 18.6. The van der Waals surface area contributed by atoms with Crippen LogP contribution in [0.5, 0.6) is 5.88 Å². The zero-order valence-corrected chi connectivity index (χ0v) is 33.9. The Morgan fingerprint density at radius 1 is 1.02 bits per heavy atom. The van der Waals surface area contributed by atoms with Crippen LogP contribution in [0, 0.1) is 34.9 Å². The molecule has 0 radical (unpaired) electrons. The molecule has 1 saturated heterocycles. The SMILES string of the molecule is CC(C)(C)[C@@H]1NC(=O)O[C@@H]2C[C@@H]3C[C@@H]3[C@H]2CCCCCc2nc3ccc(F)cc3nc2O[C@@H]2C[C@@H](C(=O)N[C@]3(C(=O)NS(=O)(=O)C4(C)CC4)C[C@H]3C(F)F)N(C2)C1=O. The summed E-state index contributed by atoms with van der Waals surface area (Å²) >= 11 is 0. The minimum absolute atomic E-state index is 0.0954. The number of benzene rings is 1. The van der Waals surface area contributed by atoms with Crippen LogP contribution in [0.2, 0.25) is 0 Å². The summed E-state index contributed by atoms with van der Waals surface area (Å²) in [6.07, 6.45) is 0.428. The van der Waals surface area contributed by atoms with Gasteiger partial charge < -0.3 is 25.0 Å². The first-order valence-corrected chi connectivity index (χ1v) is 21.8. The van der Waals surface area contributed by atoms with Crippen molar-refractivity contribution < 1.29 is 50.2 Å². The van der Waals surface area contributed by atoms with Crippen LogP contribution in [0.3, 0.4) is 0 Å². The van der Waals surface area contributed by atoms with Crippen molar-refractivity contribution in [1.29, 1.82) is 0 Å². The molecular formula is C40H51F3N6O8S. The fourth-order valence-corrected chi connectivity index (χ4v) is 10.6. The molecule has 0 unspecified atom stereocenters. The number of fused-ring (bicyclic) bond motifs is 7. The molecule has 3 N–H and O–H groups in total. The third-order valence-corrected chi connectivity index (χ3v) is 15.5. The van der Waals surface area contributed by atoms with E-state index in [1.165, 1.54) is 30.0 Å². The first-order valence-electron chi connectivity index (χ1n) is 20.4. The van der Waals surface area contributed by atoms with Crippen LogP contribution in [0.4, 0.5) is 18.0 Å². The molecule has 14 nitrogen and oxygen atoms in total. The van der Waals surface area contributed by atoms with E-state index in [2.05, 4.69) is 15.6 Å². The van der Waals surface area contributed by atoms with E-state index in [0.717, 1.165) is 38.5 Å². The lowest BCUT2D eigenvalue weighted by atomic mass is 9.85. The Bertz CT molecular complexity index is 2130. The molecule has 18 heteroatoms. The van der Waals surface area contributed by atoms with Gasteiger partial charge in [-0.15, -0.1) is 0 Å². The molecule has 4 saturated carbocycles. The molecule has 8 rings (SSSR count). The number of ether oxygens (including phenoxy) is 2. The Kier molecular flexibility index (Phi) is 10.1. The predicted molar refractivity (Wildman–Crippen MR) is 202 cm³/mol. The zero-order chi connectivity index (χ0) is 41.5. The van der Waals surface area contributed by atoms with E-state index >= 15 is 0 Å². The molecule has 1 aromatic heterocycles. The minimum Gasteiger partial charge on any atom is -0.471 e. The summed E-state index contributed by atoms with van der Waals surface area (Å²) in [4.78, 5) is 66.8. The van der Waals surface area contributed by atoms with E-state index in [1.54, 1.807) is 20.8 Å². The zero-order valence-electron chi connectivity index (χ0n) is 33.1. The molecule has 2 aliphatic heterocycles. The summed E-state index contributed by atoms with van der Waals surface area (Å²) in [5, 5.41) is 5.20. The van der Waals surface area contributed by atoms with Gasteiger partial charge in [-0.2, -0.15) is 0 Å². The lowest BCUT2D eigenvalue weighted by Gasteiger charge is -2.36. The molecule has 4 aliphatic carbocycles. The van der Waals surface area contributed by atoms with Gasteiger partial charge in [-0.1, -0.05) is 33.6 Å². The van der Waals surface area contributed by atoms with Gasteiger partial charge in [0.1, 0.15) is 41.3 Å². The van der Waals surface area contributed by atoms with Gasteiger partial charge in [0.15, 0.2) is 0 Å². The van der Waals surface area contributed by atoms with Crippen LogP contribution in [-0.4, -0.2) is 94.6 Å². The number of hydrogen-bond donors (Lipinski definition) is 3. The highest BCUT2D eigenvalue weighted by Gasteiger charge is 2.67. The minimum atomic E-state index is -4.25. The van der Waals surface area contributed by atoms with Crippen molar-refractivity contribution in [1.82, 2.24) is 30.2 Å². The van der Waals surface area contributed by atoms with Gasteiger partial charge in [0.25, 0.3) is 5.91 Å². The van der Waals surface area contributed by atoms with Crippen LogP contribution in [-0.2, 0) is 35.6 Å². The monoisotopic (exact) mass is 832 g/mol. The molecule has 58 heavy (non-hydrogen) atoms. The number of nitrogens with one attached hydrogen (secondary N) is 3. The summed E-state index contributed by atoms with van der Waals surface area (Å²) in [7, 11) is -4.25. The average molecular weight is 833 g/mol. The summed E-state index contributed by atoms with van der Waals surface area (Å²) in [6, 6.07) is 1.41. The lowest BCUT2D eigenvalue weighted by molar-refractivity contribution is -0.143.